The summed E-state index contributed by atoms with van der Waals surface area (Å²) >= 11 is 0. The highest BCUT2D eigenvalue weighted by Gasteiger charge is 2.06. The smallest absolute Gasteiger partial charge is 0.0155 e. The van der Waals surface area contributed by atoms with Crippen LogP contribution >= 0.6 is 0 Å². The first-order valence-corrected chi connectivity index (χ1v) is 8.84. The van der Waals surface area contributed by atoms with Crippen LogP contribution in [0.15, 0.2) is 79.4 Å². The van der Waals surface area contributed by atoms with E-state index in [2.05, 4.69) is 95.5 Å². The molecule has 0 spiro atoms. The zero-order valence-electron chi connectivity index (χ0n) is 15.9. The molecule has 0 saturated heterocycles. The normalized spacial score (nSPS) is 12.2. The molecule has 2 rings (SSSR count). The molecule has 0 bridgehead atoms. The van der Waals surface area contributed by atoms with Crippen LogP contribution in [0.1, 0.15) is 41.7 Å². The van der Waals surface area contributed by atoms with E-state index in [-0.39, 0.29) is 0 Å². The highest BCUT2D eigenvalue weighted by Crippen LogP contribution is 2.26. The Hall–Kier alpha value is -2.60. The monoisotopic (exact) mass is 328 g/mol. The van der Waals surface area contributed by atoms with Gasteiger partial charge in [-0.05, 0) is 66.2 Å². The molecule has 0 saturated carbocycles. The summed E-state index contributed by atoms with van der Waals surface area (Å²) in [4.78, 5) is 0. The van der Waals surface area contributed by atoms with Crippen molar-refractivity contribution in [3.05, 3.63) is 107 Å². The Morgan fingerprint density at radius 2 is 1.72 bits per heavy atom. The molecule has 0 aliphatic heterocycles. The van der Waals surface area contributed by atoms with E-state index in [0.717, 1.165) is 17.6 Å². The molecule has 0 nitrogen and oxygen atoms in total. The van der Waals surface area contributed by atoms with Crippen LogP contribution in [0.3, 0.4) is 0 Å². The van der Waals surface area contributed by atoms with Gasteiger partial charge in [0.15, 0.2) is 0 Å². The SMILES string of the molecule is C=C/C(=C/C=C(\C)c1ccc(C)cc1CC)C(=C)c1ccccc1C. The van der Waals surface area contributed by atoms with Crippen molar-refractivity contribution in [1.82, 2.24) is 0 Å². The number of hydrogen-bond acceptors (Lipinski definition) is 0. The zero-order valence-corrected chi connectivity index (χ0v) is 15.9. The Morgan fingerprint density at radius 3 is 2.36 bits per heavy atom. The second kappa shape index (κ2) is 8.48. The van der Waals surface area contributed by atoms with E-state index in [1.54, 1.807) is 0 Å². The first-order chi connectivity index (χ1) is 12.0. The quantitative estimate of drug-likeness (QED) is 0.496. The molecule has 0 heteroatoms. The fourth-order valence-corrected chi connectivity index (χ4v) is 3.06. The van der Waals surface area contributed by atoms with Gasteiger partial charge in [0.2, 0.25) is 0 Å². The average molecular weight is 328 g/mol. The minimum absolute atomic E-state index is 1.01. The van der Waals surface area contributed by atoms with E-state index in [1.165, 1.54) is 33.4 Å². The number of aryl methyl sites for hydroxylation is 3. The molecule has 0 amide bonds. The summed E-state index contributed by atoms with van der Waals surface area (Å²) in [5.41, 5.74) is 9.74. The van der Waals surface area contributed by atoms with Gasteiger partial charge in [-0.15, -0.1) is 0 Å². The molecule has 128 valence electrons. The molecule has 0 heterocycles. The maximum absolute atomic E-state index is 4.28. The maximum Gasteiger partial charge on any atom is -0.0155 e. The molecule has 2 aromatic rings. The Balaban J connectivity index is 2.37. The minimum Gasteiger partial charge on any atom is -0.0984 e. The largest absolute Gasteiger partial charge is 0.0984 e. The first kappa shape index (κ1) is 18.7. The number of allylic oxidation sites excluding steroid dienone is 6. The van der Waals surface area contributed by atoms with Gasteiger partial charge in [-0.25, -0.2) is 0 Å². The number of hydrogen-bond donors (Lipinski definition) is 0. The highest BCUT2D eigenvalue weighted by atomic mass is 14.1. The van der Waals surface area contributed by atoms with Crippen molar-refractivity contribution in [1.29, 1.82) is 0 Å². The summed E-state index contributed by atoms with van der Waals surface area (Å²) in [6.45, 7) is 16.9. The van der Waals surface area contributed by atoms with Crippen molar-refractivity contribution in [2.24, 2.45) is 0 Å². The lowest BCUT2D eigenvalue weighted by atomic mass is 9.94. The molecule has 0 fully saturated rings. The maximum atomic E-state index is 4.28. The van der Waals surface area contributed by atoms with E-state index in [4.69, 9.17) is 0 Å². The van der Waals surface area contributed by atoms with Crippen LogP contribution < -0.4 is 0 Å². The average Bonchev–Trinajstić information content (AvgIpc) is 2.62. The summed E-state index contributed by atoms with van der Waals surface area (Å²) in [6, 6.07) is 15.0. The van der Waals surface area contributed by atoms with Crippen LogP contribution in [-0.2, 0) is 6.42 Å². The number of benzene rings is 2. The lowest BCUT2D eigenvalue weighted by Crippen LogP contribution is -1.92. The molecular formula is C25H28. The van der Waals surface area contributed by atoms with Gasteiger partial charge >= 0.3 is 0 Å². The Labute approximate surface area is 152 Å². The van der Waals surface area contributed by atoms with Crippen molar-refractivity contribution >= 4 is 11.1 Å². The van der Waals surface area contributed by atoms with Crippen molar-refractivity contribution in [2.75, 3.05) is 0 Å². The summed E-state index contributed by atoms with van der Waals surface area (Å²) < 4.78 is 0. The van der Waals surface area contributed by atoms with Crippen LogP contribution in [0.25, 0.3) is 11.1 Å². The third-order valence-electron chi connectivity index (χ3n) is 4.62. The molecule has 0 radical (unpaired) electrons. The molecule has 0 aliphatic carbocycles. The third kappa shape index (κ3) is 4.48. The summed E-state index contributed by atoms with van der Waals surface area (Å²) in [6.07, 6.45) is 7.21. The fraction of sp³-hybridized carbons (Fsp3) is 0.200. The molecule has 0 aromatic heterocycles. The summed E-state index contributed by atoms with van der Waals surface area (Å²) in [5, 5.41) is 0. The van der Waals surface area contributed by atoms with E-state index in [9.17, 15) is 0 Å². The van der Waals surface area contributed by atoms with Gasteiger partial charge in [-0.1, -0.05) is 86.3 Å². The van der Waals surface area contributed by atoms with E-state index in [1.807, 2.05) is 6.08 Å². The van der Waals surface area contributed by atoms with Crippen LogP contribution in [0, 0.1) is 13.8 Å². The molecule has 0 atom stereocenters. The molecule has 0 aliphatic rings. The summed E-state index contributed by atoms with van der Waals surface area (Å²) in [5.74, 6) is 0. The Kier molecular flexibility index (Phi) is 6.36. The van der Waals surface area contributed by atoms with Gasteiger partial charge in [0, 0.05) is 0 Å². The zero-order chi connectivity index (χ0) is 18.4. The van der Waals surface area contributed by atoms with Gasteiger partial charge < -0.3 is 0 Å². The standard InChI is InChI=1S/C25H28/c1-7-22(21(6)24-12-10-9-11-19(24)4)15-14-20(5)25-16-13-18(3)17-23(25)8-2/h7,9-17H,1,6,8H2,2-5H3/b20-14+,22-15-. The van der Waals surface area contributed by atoms with Gasteiger partial charge in [0.05, 0.1) is 0 Å². The second-order valence-electron chi connectivity index (χ2n) is 6.48. The van der Waals surface area contributed by atoms with E-state index in [0.29, 0.717) is 0 Å². The van der Waals surface area contributed by atoms with Crippen molar-refractivity contribution < 1.29 is 0 Å². The fourth-order valence-electron chi connectivity index (χ4n) is 3.06. The van der Waals surface area contributed by atoms with E-state index >= 15 is 0 Å². The molecule has 0 unspecified atom stereocenters. The van der Waals surface area contributed by atoms with Crippen molar-refractivity contribution in [3.63, 3.8) is 0 Å². The van der Waals surface area contributed by atoms with E-state index < -0.39 is 0 Å². The van der Waals surface area contributed by atoms with Crippen LogP contribution in [0.5, 0.6) is 0 Å². The minimum atomic E-state index is 1.01. The predicted molar refractivity (Wildman–Crippen MR) is 113 cm³/mol. The first-order valence-electron chi connectivity index (χ1n) is 8.84. The molecule has 2 aromatic carbocycles. The van der Waals surface area contributed by atoms with Crippen LogP contribution in [-0.4, -0.2) is 0 Å². The predicted octanol–water partition coefficient (Wildman–Crippen LogP) is 7.09. The van der Waals surface area contributed by atoms with Crippen LogP contribution in [0.2, 0.25) is 0 Å². The summed E-state index contributed by atoms with van der Waals surface area (Å²) in [7, 11) is 0. The van der Waals surface area contributed by atoms with Crippen LogP contribution in [0.4, 0.5) is 0 Å². The lowest BCUT2D eigenvalue weighted by molar-refractivity contribution is 1.12. The van der Waals surface area contributed by atoms with Crippen molar-refractivity contribution in [3.8, 4) is 0 Å². The topological polar surface area (TPSA) is 0 Å². The second-order valence-corrected chi connectivity index (χ2v) is 6.48. The highest BCUT2D eigenvalue weighted by molar-refractivity contribution is 5.82. The molecule has 0 N–H and O–H groups in total. The van der Waals surface area contributed by atoms with Gasteiger partial charge in [0.25, 0.3) is 0 Å². The van der Waals surface area contributed by atoms with Gasteiger partial charge in [-0.2, -0.15) is 0 Å². The lowest BCUT2D eigenvalue weighted by Gasteiger charge is -2.11. The van der Waals surface area contributed by atoms with Gasteiger partial charge in [0.1, 0.15) is 0 Å². The molecule has 25 heavy (non-hydrogen) atoms. The Bertz CT molecular complexity index is 844. The number of rotatable bonds is 6. The Morgan fingerprint density at radius 1 is 1.00 bits per heavy atom. The third-order valence-corrected chi connectivity index (χ3v) is 4.62. The van der Waals surface area contributed by atoms with Crippen molar-refractivity contribution in [2.45, 2.75) is 34.1 Å². The molecular weight excluding hydrogens is 300 g/mol. The van der Waals surface area contributed by atoms with Gasteiger partial charge in [-0.3, -0.25) is 0 Å².